The Balaban J connectivity index is 2.18. The maximum Gasteiger partial charge on any atom is 0.179 e. The van der Waals surface area contributed by atoms with E-state index in [4.69, 9.17) is 0 Å². The summed E-state index contributed by atoms with van der Waals surface area (Å²) in [4.78, 5) is 17.4. The van der Waals surface area contributed by atoms with Crippen molar-refractivity contribution in [3.8, 4) is 10.7 Å². The number of imidazole rings is 1. The van der Waals surface area contributed by atoms with Gasteiger partial charge in [-0.15, -0.1) is 11.3 Å². The van der Waals surface area contributed by atoms with E-state index in [9.17, 15) is 4.79 Å². The van der Waals surface area contributed by atoms with Crippen LogP contribution in [-0.4, -0.2) is 15.3 Å². The Bertz CT molecular complexity index is 615. The van der Waals surface area contributed by atoms with Crippen LogP contribution >= 0.6 is 27.3 Å². The van der Waals surface area contributed by atoms with Gasteiger partial charge in [0.05, 0.1) is 8.66 Å². The molecule has 0 saturated heterocycles. The van der Waals surface area contributed by atoms with Gasteiger partial charge in [0.1, 0.15) is 5.69 Å². The van der Waals surface area contributed by atoms with E-state index in [-0.39, 0.29) is 5.78 Å². The van der Waals surface area contributed by atoms with E-state index in [0.717, 1.165) is 39.6 Å². The lowest BCUT2D eigenvalue weighted by molar-refractivity contribution is 0.101. The van der Waals surface area contributed by atoms with Gasteiger partial charge >= 0.3 is 0 Å². The van der Waals surface area contributed by atoms with Crippen molar-refractivity contribution in [1.29, 1.82) is 0 Å². The van der Waals surface area contributed by atoms with E-state index in [2.05, 4.69) is 31.5 Å². The maximum atomic E-state index is 11.7. The number of hydrogen-bond acceptors (Lipinski definition) is 3. The zero-order valence-corrected chi connectivity index (χ0v) is 12.5. The number of Topliss-reactive ketones (excluding diaryl/α,β-unsaturated/α-hetero) is 1. The highest BCUT2D eigenvalue weighted by Crippen LogP contribution is 2.34. The van der Waals surface area contributed by atoms with Gasteiger partial charge in [0, 0.05) is 19.2 Å². The van der Waals surface area contributed by atoms with E-state index < -0.39 is 0 Å². The lowest BCUT2D eigenvalue weighted by Gasteiger charge is -2.16. The van der Waals surface area contributed by atoms with E-state index >= 15 is 0 Å². The van der Waals surface area contributed by atoms with Crippen LogP contribution in [0.5, 0.6) is 0 Å². The van der Waals surface area contributed by atoms with E-state index in [1.807, 2.05) is 6.07 Å². The molecule has 5 heteroatoms. The van der Waals surface area contributed by atoms with Crippen molar-refractivity contribution >= 4 is 33.0 Å². The lowest BCUT2D eigenvalue weighted by Crippen LogP contribution is -2.12. The van der Waals surface area contributed by atoms with Gasteiger partial charge in [-0.1, -0.05) is 0 Å². The van der Waals surface area contributed by atoms with Gasteiger partial charge in [-0.2, -0.15) is 0 Å². The standard InChI is InChI=1S/C13H13BrN2OS/c1-8(17)12-9-4-2-3-7-16(9)13(15-12)10-5-6-11(14)18-10/h5-6H,2-4,7H2,1H3. The third-order valence-corrected chi connectivity index (χ3v) is 4.86. The summed E-state index contributed by atoms with van der Waals surface area (Å²) in [7, 11) is 0. The van der Waals surface area contributed by atoms with Crippen LogP contribution in [0.25, 0.3) is 10.7 Å². The zero-order chi connectivity index (χ0) is 12.7. The SMILES string of the molecule is CC(=O)c1nc(-c2ccc(Br)s2)n2c1CCCC2. The summed E-state index contributed by atoms with van der Waals surface area (Å²) in [6.07, 6.45) is 3.29. The summed E-state index contributed by atoms with van der Waals surface area (Å²) in [6, 6.07) is 4.08. The highest BCUT2D eigenvalue weighted by atomic mass is 79.9. The van der Waals surface area contributed by atoms with Crippen LogP contribution in [0, 0.1) is 0 Å². The highest BCUT2D eigenvalue weighted by Gasteiger charge is 2.23. The molecule has 0 fully saturated rings. The molecule has 0 aromatic carbocycles. The molecule has 3 rings (SSSR count). The molecule has 0 saturated carbocycles. The second-order valence-corrected chi connectivity index (χ2v) is 6.96. The smallest absolute Gasteiger partial charge is 0.179 e. The van der Waals surface area contributed by atoms with Crippen molar-refractivity contribution < 1.29 is 4.79 Å². The van der Waals surface area contributed by atoms with Crippen LogP contribution in [-0.2, 0) is 13.0 Å². The van der Waals surface area contributed by atoms with Gasteiger partial charge in [-0.3, -0.25) is 4.79 Å². The largest absolute Gasteiger partial charge is 0.327 e. The van der Waals surface area contributed by atoms with E-state index in [1.165, 1.54) is 6.42 Å². The number of rotatable bonds is 2. The van der Waals surface area contributed by atoms with Gasteiger partial charge < -0.3 is 4.57 Å². The zero-order valence-electron chi connectivity index (χ0n) is 10.1. The summed E-state index contributed by atoms with van der Waals surface area (Å²) < 4.78 is 3.31. The van der Waals surface area contributed by atoms with Gasteiger partial charge in [-0.25, -0.2) is 4.98 Å². The van der Waals surface area contributed by atoms with Gasteiger partial charge in [0.2, 0.25) is 0 Å². The first-order chi connectivity index (χ1) is 8.66. The number of fused-ring (bicyclic) bond motifs is 1. The van der Waals surface area contributed by atoms with Crippen LogP contribution in [0.2, 0.25) is 0 Å². The van der Waals surface area contributed by atoms with Crippen molar-refractivity contribution in [3.05, 3.63) is 27.3 Å². The molecule has 3 heterocycles. The van der Waals surface area contributed by atoms with Crippen LogP contribution in [0.15, 0.2) is 15.9 Å². The number of thiophene rings is 1. The molecule has 0 unspecified atom stereocenters. The average molecular weight is 325 g/mol. The molecule has 0 bridgehead atoms. The van der Waals surface area contributed by atoms with Crippen molar-refractivity contribution in [2.45, 2.75) is 32.7 Å². The molecule has 0 atom stereocenters. The molecule has 0 aliphatic carbocycles. The number of carbonyl (C=O) groups excluding carboxylic acids is 1. The molecule has 0 N–H and O–H groups in total. The summed E-state index contributed by atoms with van der Waals surface area (Å²) in [5, 5.41) is 0. The highest BCUT2D eigenvalue weighted by molar-refractivity contribution is 9.11. The second kappa shape index (κ2) is 4.63. The fourth-order valence-corrected chi connectivity index (χ4v) is 3.83. The fraction of sp³-hybridized carbons (Fsp3) is 0.385. The lowest BCUT2D eigenvalue weighted by atomic mass is 10.1. The third kappa shape index (κ3) is 1.95. The van der Waals surface area contributed by atoms with Gasteiger partial charge in [-0.05, 0) is 47.3 Å². The Labute approximate surface area is 118 Å². The Morgan fingerprint density at radius 3 is 2.94 bits per heavy atom. The van der Waals surface area contributed by atoms with Gasteiger partial charge in [0.25, 0.3) is 0 Å². The summed E-state index contributed by atoms with van der Waals surface area (Å²) in [5.74, 6) is 1.02. The molecule has 18 heavy (non-hydrogen) atoms. The van der Waals surface area contributed by atoms with Crippen molar-refractivity contribution in [1.82, 2.24) is 9.55 Å². The summed E-state index contributed by atoms with van der Waals surface area (Å²) in [6.45, 7) is 2.58. The molecule has 94 valence electrons. The molecule has 2 aromatic heterocycles. The predicted molar refractivity (Wildman–Crippen MR) is 76.2 cm³/mol. The Morgan fingerprint density at radius 1 is 1.44 bits per heavy atom. The minimum absolute atomic E-state index is 0.0718. The monoisotopic (exact) mass is 324 g/mol. The first-order valence-electron chi connectivity index (χ1n) is 6.03. The Kier molecular flexibility index (Phi) is 3.11. The minimum Gasteiger partial charge on any atom is -0.327 e. The summed E-state index contributed by atoms with van der Waals surface area (Å²) in [5.41, 5.74) is 1.78. The predicted octanol–water partition coefficient (Wildman–Crippen LogP) is 3.91. The molecule has 2 aromatic rings. The Hall–Kier alpha value is -0.940. The summed E-state index contributed by atoms with van der Waals surface area (Å²) >= 11 is 5.14. The number of hydrogen-bond donors (Lipinski definition) is 0. The number of carbonyl (C=O) groups is 1. The van der Waals surface area contributed by atoms with Crippen LogP contribution < -0.4 is 0 Å². The first-order valence-corrected chi connectivity index (χ1v) is 7.64. The van der Waals surface area contributed by atoms with Crippen molar-refractivity contribution in [2.24, 2.45) is 0 Å². The molecule has 0 spiro atoms. The molecule has 0 radical (unpaired) electrons. The van der Waals surface area contributed by atoms with E-state index in [1.54, 1.807) is 18.3 Å². The Morgan fingerprint density at radius 2 is 2.28 bits per heavy atom. The number of halogens is 1. The molecule has 0 amide bonds. The van der Waals surface area contributed by atoms with Crippen LogP contribution in [0.1, 0.15) is 35.9 Å². The van der Waals surface area contributed by atoms with Crippen molar-refractivity contribution in [3.63, 3.8) is 0 Å². The molecular weight excluding hydrogens is 312 g/mol. The minimum atomic E-state index is 0.0718. The van der Waals surface area contributed by atoms with Crippen LogP contribution in [0.3, 0.4) is 0 Å². The average Bonchev–Trinajstić information content (AvgIpc) is 2.92. The van der Waals surface area contributed by atoms with Crippen LogP contribution in [0.4, 0.5) is 0 Å². The number of aromatic nitrogens is 2. The van der Waals surface area contributed by atoms with Crippen molar-refractivity contribution in [2.75, 3.05) is 0 Å². The van der Waals surface area contributed by atoms with Gasteiger partial charge in [0.15, 0.2) is 11.6 Å². The fourth-order valence-electron chi connectivity index (χ4n) is 2.45. The molecule has 1 aliphatic heterocycles. The first kappa shape index (κ1) is 12.1. The quantitative estimate of drug-likeness (QED) is 0.785. The maximum absolute atomic E-state index is 11.7. The normalized spacial score (nSPS) is 14.6. The molecular formula is C13H13BrN2OS. The molecule has 1 aliphatic rings. The number of ketones is 1. The number of nitrogens with zero attached hydrogens (tertiary/aromatic N) is 2. The topological polar surface area (TPSA) is 34.9 Å². The molecule has 3 nitrogen and oxygen atoms in total. The second-order valence-electron chi connectivity index (χ2n) is 4.50. The third-order valence-electron chi connectivity index (χ3n) is 3.24. The van der Waals surface area contributed by atoms with E-state index in [0.29, 0.717) is 5.69 Å².